The van der Waals surface area contributed by atoms with Gasteiger partial charge in [-0.2, -0.15) is 0 Å². The van der Waals surface area contributed by atoms with E-state index in [2.05, 4.69) is 112 Å². The third kappa shape index (κ3) is 11.2. The highest BCUT2D eigenvalue weighted by Crippen LogP contribution is 2.80. The van der Waals surface area contributed by atoms with Crippen LogP contribution in [0.1, 0.15) is 283 Å². The molecule has 10 fully saturated rings. The number of allylic oxidation sites excluding steroid dienone is 2. The lowest BCUT2D eigenvalue weighted by molar-refractivity contribution is -0.233. The molecule has 8 unspecified atom stereocenters. The van der Waals surface area contributed by atoms with Crippen LogP contribution in [-0.4, -0.2) is 67.2 Å². The molecule has 0 aromatic rings. The van der Waals surface area contributed by atoms with Crippen LogP contribution in [0.15, 0.2) is 24.3 Å². The fourth-order valence-corrected chi connectivity index (χ4v) is 26.3. The van der Waals surface area contributed by atoms with Gasteiger partial charge in [-0.3, -0.25) is 28.8 Å². The summed E-state index contributed by atoms with van der Waals surface area (Å²) in [4.78, 5) is 82.1. The van der Waals surface area contributed by atoms with Gasteiger partial charge in [0.1, 0.15) is 23.1 Å². The summed E-state index contributed by atoms with van der Waals surface area (Å²) in [6.07, 6.45) is 28.6. The van der Waals surface area contributed by atoms with E-state index in [4.69, 9.17) is 5.73 Å². The van der Waals surface area contributed by atoms with Crippen molar-refractivity contribution in [3.05, 3.63) is 24.3 Å². The maximum absolute atomic E-state index is 14.8. The number of hydrogen-bond donors (Lipinski definition) is 4. The average molecular weight is 1230 g/mol. The fraction of sp³-hybridized carbons (Fsp3) is 0.873. The molecule has 10 rings (SSSR count). The number of rotatable bonds is 24. The van der Waals surface area contributed by atoms with E-state index in [9.17, 15) is 28.8 Å². The molecule has 10 aliphatic rings. The first-order valence-electron chi connectivity index (χ1n) is 37.2. The Bertz CT molecular complexity index is 2730. The number of amides is 2. The molecule has 0 saturated heterocycles. The molecule has 0 aliphatic heterocycles. The highest BCUT2D eigenvalue weighted by Gasteiger charge is 2.74. The summed E-state index contributed by atoms with van der Waals surface area (Å²) in [6, 6.07) is -0.492. The van der Waals surface area contributed by atoms with Crippen LogP contribution in [0.25, 0.3) is 0 Å². The number of fused-ring (bicyclic) bond motifs is 14. The summed E-state index contributed by atoms with van der Waals surface area (Å²) in [5, 5.41) is 10.5. The summed E-state index contributed by atoms with van der Waals surface area (Å²) in [5.41, 5.74) is 8.73. The van der Waals surface area contributed by atoms with Crippen molar-refractivity contribution in [2.24, 2.45) is 125 Å². The lowest BCUT2D eigenvalue weighted by Crippen LogP contribution is -2.67. The molecule has 10 heteroatoms. The quantitative estimate of drug-likeness (QED) is 0.0548. The van der Waals surface area contributed by atoms with Gasteiger partial charge < -0.3 is 21.7 Å². The number of Topliss-reactive ketones (excluding diaryl/α,β-unsaturated/α-hetero) is 4. The van der Waals surface area contributed by atoms with Crippen molar-refractivity contribution < 1.29 is 28.8 Å². The van der Waals surface area contributed by atoms with Crippen molar-refractivity contribution in [3.63, 3.8) is 0 Å². The Morgan fingerprint density at radius 3 is 1.34 bits per heavy atom. The highest BCUT2D eigenvalue weighted by molar-refractivity contribution is 5.87. The molecule has 10 saturated carbocycles. The third-order valence-electron chi connectivity index (χ3n) is 31.7. The Kier molecular flexibility index (Phi) is 19.6. The van der Waals surface area contributed by atoms with Crippen LogP contribution >= 0.6 is 0 Å². The molecule has 10 aliphatic carbocycles. The molecule has 0 radical (unpaired) electrons. The second-order valence-corrected chi connectivity index (χ2v) is 35.9. The van der Waals surface area contributed by atoms with E-state index in [1.165, 1.54) is 49.7 Å². The van der Waals surface area contributed by atoms with E-state index in [0.717, 1.165) is 142 Å². The summed E-state index contributed by atoms with van der Waals surface area (Å²) in [5.74, 6) is 6.19. The number of nitrogens with one attached hydrogen (secondary N) is 3. The normalized spacial score (nSPS) is 43.0. The average Bonchev–Trinajstić information content (AvgIpc) is 1.08. The Morgan fingerprint density at radius 1 is 0.472 bits per heavy atom. The largest absolute Gasteiger partial charge is 0.356 e. The zero-order chi connectivity index (χ0) is 64.7. The van der Waals surface area contributed by atoms with Gasteiger partial charge in [0.25, 0.3) is 0 Å². The maximum Gasteiger partial charge on any atom is 0.226 e. The molecule has 0 heterocycles. The van der Waals surface area contributed by atoms with Gasteiger partial charge in [0.15, 0.2) is 0 Å². The predicted molar refractivity (Wildman–Crippen MR) is 360 cm³/mol. The van der Waals surface area contributed by atoms with Crippen LogP contribution in [0.2, 0.25) is 0 Å². The van der Waals surface area contributed by atoms with Gasteiger partial charge in [-0.15, -0.1) is 0 Å². The van der Waals surface area contributed by atoms with Gasteiger partial charge in [-0.25, -0.2) is 0 Å². The van der Waals surface area contributed by atoms with Gasteiger partial charge in [-0.05, 0) is 292 Å². The van der Waals surface area contributed by atoms with E-state index in [-0.39, 0.29) is 83.4 Å². The van der Waals surface area contributed by atoms with Crippen molar-refractivity contribution in [1.82, 2.24) is 16.0 Å². The first-order chi connectivity index (χ1) is 41.8. The van der Waals surface area contributed by atoms with Gasteiger partial charge in [0.2, 0.25) is 11.8 Å². The Labute approximate surface area is 541 Å². The molecule has 0 aromatic heterocycles. The van der Waals surface area contributed by atoms with Crippen molar-refractivity contribution >= 4 is 34.9 Å². The topological polar surface area (TPSA) is 165 Å². The number of carbonyl (C=O) groups excluding carboxylic acids is 6. The highest BCUT2D eigenvalue weighted by atomic mass is 16.2. The molecule has 500 valence electrons. The monoisotopic (exact) mass is 1230 g/mol. The van der Waals surface area contributed by atoms with Crippen molar-refractivity contribution in [2.45, 2.75) is 289 Å². The molecule has 89 heavy (non-hydrogen) atoms. The van der Waals surface area contributed by atoms with Crippen LogP contribution in [0.3, 0.4) is 0 Å². The number of carbonyl (C=O) groups is 6. The third-order valence-corrected chi connectivity index (χ3v) is 31.7. The predicted octanol–water partition coefficient (Wildman–Crippen LogP) is 16.3. The Balaban J connectivity index is 0.614. The molecular formula is C79H128N4O6. The van der Waals surface area contributed by atoms with Crippen LogP contribution in [-0.2, 0) is 28.8 Å². The zero-order valence-corrected chi connectivity index (χ0v) is 58.9. The Morgan fingerprint density at radius 2 is 0.899 bits per heavy atom. The summed E-state index contributed by atoms with van der Waals surface area (Å²) >= 11 is 0. The molecule has 5 N–H and O–H groups in total. The van der Waals surface area contributed by atoms with Crippen LogP contribution in [0.5, 0.6) is 0 Å². The number of hydrogen-bond acceptors (Lipinski definition) is 8. The van der Waals surface area contributed by atoms with E-state index in [1.807, 2.05) is 0 Å². The van der Waals surface area contributed by atoms with Crippen molar-refractivity contribution in [1.29, 1.82) is 0 Å². The zero-order valence-electron chi connectivity index (χ0n) is 58.9. The Hall–Kier alpha value is -2.98. The van der Waals surface area contributed by atoms with Crippen LogP contribution in [0, 0.1) is 119 Å². The van der Waals surface area contributed by atoms with Crippen LogP contribution < -0.4 is 21.7 Å². The summed E-state index contributed by atoms with van der Waals surface area (Å²) < 4.78 is 0. The van der Waals surface area contributed by atoms with Gasteiger partial charge in [0, 0.05) is 49.1 Å². The SMILES string of the molecule is C=C(C)C1CCC2(C(=O)NCCCCC(N)C(=O)CCCNCCCC(CCCCNC(=O)C34CCC(C(=C)C)C3[C@H]3CC[C@@H]5[C@@]6(C)CCC(=O)C(C)(C)[C@@H]6CC[C@@]5(C)[C@]3(C)CC4)C(C)=O)CC[C@]3(C)[C@H](CC[C@@H]4[C@@]5(C)CCC(=O)C(C)(C)[C@@H]5CC[C@]43C)C12. The van der Waals surface area contributed by atoms with Gasteiger partial charge in [0.05, 0.1) is 16.9 Å². The summed E-state index contributed by atoms with van der Waals surface area (Å²) in [7, 11) is 0. The molecular weight excluding hydrogens is 1100 g/mol. The van der Waals surface area contributed by atoms with Gasteiger partial charge in [-0.1, -0.05) is 100.0 Å². The standard InChI is InChI=1S/C79H128N4O6/c1-50(2)54-30-40-78(44-42-74(12)56(66(54)78)26-28-62-72(10)36-34-64(86)70(6,7)60(72)32-38-76(62,74)14)68(88)82-48-18-16-22-53(52(5)84)23-20-46-81-47-21-25-59(85)58(80)24-17-19-49-83-69(89)79-41-31-55(51(3)4)67(79)57-27-29-63-73(11)37-35-65(87)71(8,9)61(73)33-39-77(63,15)75(57,13)43-45-79/h53-58,60-63,66-67,81H,1,3,16-49,80H2,2,4-15H3,(H,82,88)(H,83,89)/t53?,54?,55?,56-,57-,58?,60+,61+,62-,63-,66?,67?,72+,73+,74-,75-,76-,77-,78?,79?/m1/s1. The number of ketones is 4. The summed E-state index contributed by atoms with van der Waals surface area (Å²) in [6.45, 7) is 42.6. The lowest BCUT2D eigenvalue weighted by Gasteiger charge is -2.72. The van der Waals surface area contributed by atoms with E-state index in [1.54, 1.807) is 6.92 Å². The van der Waals surface area contributed by atoms with E-state index >= 15 is 0 Å². The molecule has 0 bridgehead atoms. The minimum absolute atomic E-state index is 0.0130. The molecule has 20 atom stereocenters. The molecule has 10 nitrogen and oxygen atoms in total. The van der Waals surface area contributed by atoms with Crippen molar-refractivity contribution in [2.75, 3.05) is 26.2 Å². The van der Waals surface area contributed by atoms with E-state index in [0.29, 0.717) is 110 Å². The molecule has 0 aromatic carbocycles. The second kappa shape index (κ2) is 25.3. The van der Waals surface area contributed by atoms with E-state index < -0.39 is 6.04 Å². The number of unbranched alkanes of at least 4 members (excludes halogenated alkanes) is 2. The van der Waals surface area contributed by atoms with Crippen molar-refractivity contribution in [3.8, 4) is 0 Å². The fourth-order valence-electron chi connectivity index (χ4n) is 26.3. The first-order valence-corrected chi connectivity index (χ1v) is 37.2. The van der Waals surface area contributed by atoms with Crippen LogP contribution in [0.4, 0.5) is 0 Å². The molecule has 0 spiro atoms. The number of nitrogens with two attached hydrogens (primary N) is 1. The lowest BCUT2D eigenvalue weighted by atomic mass is 9.32. The molecule has 2 amide bonds. The maximum atomic E-state index is 14.8. The minimum Gasteiger partial charge on any atom is -0.356 e. The minimum atomic E-state index is -0.492. The first kappa shape index (κ1) is 68.9. The van der Waals surface area contributed by atoms with Gasteiger partial charge >= 0.3 is 0 Å². The smallest absolute Gasteiger partial charge is 0.226 e. The second-order valence-electron chi connectivity index (χ2n) is 35.9.